The molecule has 0 spiro atoms. The molecule has 1 atom stereocenters. The van der Waals surface area contributed by atoms with Crippen molar-refractivity contribution in [3.05, 3.63) is 35.6 Å². The molecular weight excluding hydrogens is 303 g/mol. The molecule has 1 aliphatic carbocycles. The smallest absolute Gasteiger partial charge is 0.237 e. The second kappa shape index (κ2) is 7.64. The summed E-state index contributed by atoms with van der Waals surface area (Å²) in [6, 6.07) is 7.03. The Labute approximate surface area is 144 Å². The van der Waals surface area contributed by atoms with Gasteiger partial charge in [-0.05, 0) is 50.9 Å². The number of hydrogen-bond donors (Lipinski definition) is 1. The van der Waals surface area contributed by atoms with Crippen molar-refractivity contribution in [2.24, 2.45) is 0 Å². The number of hydrogen-bond acceptors (Lipinski definition) is 2. The van der Waals surface area contributed by atoms with Crippen molar-refractivity contribution in [1.82, 2.24) is 10.2 Å². The first-order valence-electron chi connectivity index (χ1n) is 9.35. The number of likely N-dealkylation sites (N-methyl/N-ethyl adjacent to an activating group) is 1. The summed E-state index contributed by atoms with van der Waals surface area (Å²) in [5, 5.41) is 3.17. The molecule has 4 heteroatoms. The van der Waals surface area contributed by atoms with Crippen LogP contribution in [-0.4, -0.2) is 37.0 Å². The predicted octanol–water partition coefficient (Wildman–Crippen LogP) is 3.63. The molecule has 2 fully saturated rings. The van der Waals surface area contributed by atoms with E-state index in [0.717, 1.165) is 50.6 Å². The van der Waals surface area contributed by atoms with E-state index in [-0.39, 0.29) is 23.2 Å². The average Bonchev–Trinajstić information content (AvgIpc) is 2.96. The van der Waals surface area contributed by atoms with Crippen molar-refractivity contribution in [3.63, 3.8) is 0 Å². The topological polar surface area (TPSA) is 32.3 Å². The van der Waals surface area contributed by atoms with Gasteiger partial charge in [0.05, 0.1) is 6.04 Å². The minimum atomic E-state index is -0.232. The summed E-state index contributed by atoms with van der Waals surface area (Å²) in [4.78, 5) is 14.9. The third-order valence-corrected chi connectivity index (χ3v) is 5.93. The van der Waals surface area contributed by atoms with Gasteiger partial charge in [0.1, 0.15) is 5.82 Å². The first-order chi connectivity index (χ1) is 11.6. The fourth-order valence-electron chi connectivity index (χ4n) is 4.44. The van der Waals surface area contributed by atoms with Crippen LogP contribution in [0.5, 0.6) is 0 Å². The Bertz CT molecular complexity index is 569. The number of carbonyl (C=O) groups excluding carboxylic acids is 1. The van der Waals surface area contributed by atoms with E-state index >= 15 is 0 Å². The van der Waals surface area contributed by atoms with E-state index in [9.17, 15) is 9.18 Å². The van der Waals surface area contributed by atoms with Crippen molar-refractivity contribution in [1.29, 1.82) is 0 Å². The molecule has 3 nitrogen and oxygen atoms in total. The van der Waals surface area contributed by atoms with E-state index in [1.165, 1.54) is 18.9 Å². The summed E-state index contributed by atoms with van der Waals surface area (Å²) >= 11 is 0. The highest BCUT2D eigenvalue weighted by Gasteiger charge is 2.38. The quantitative estimate of drug-likeness (QED) is 0.913. The van der Waals surface area contributed by atoms with Gasteiger partial charge in [-0.3, -0.25) is 9.69 Å². The summed E-state index contributed by atoms with van der Waals surface area (Å²) in [6.45, 7) is 1.54. The molecular formula is C20H29FN2O. The fourth-order valence-corrected chi connectivity index (χ4v) is 4.44. The molecule has 1 N–H and O–H groups in total. The van der Waals surface area contributed by atoms with E-state index in [1.807, 2.05) is 19.2 Å². The normalized spacial score (nSPS) is 24.5. The van der Waals surface area contributed by atoms with Gasteiger partial charge in [0, 0.05) is 12.0 Å². The third-order valence-electron chi connectivity index (χ3n) is 5.93. The molecule has 0 unspecified atom stereocenters. The summed E-state index contributed by atoms with van der Waals surface area (Å²) in [7, 11) is 2.04. The molecule has 1 heterocycles. The molecule has 132 valence electrons. The van der Waals surface area contributed by atoms with Crippen LogP contribution in [0.3, 0.4) is 0 Å². The van der Waals surface area contributed by atoms with Crippen molar-refractivity contribution in [2.45, 2.75) is 62.8 Å². The number of likely N-dealkylation sites (tertiary alicyclic amines) is 1. The Morgan fingerprint density at radius 3 is 2.71 bits per heavy atom. The SMILES string of the molecule is CN1CCCCC[C@@H]1C(=O)NCC1(c2ccccc2F)CCCC1. The number of nitrogens with one attached hydrogen (secondary N) is 1. The number of benzene rings is 1. The van der Waals surface area contributed by atoms with Crippen LogP contribution >= 0.6 is 0 Å². The predicted molar refractivity (Wildman–Crippen MR) is 94.4 cm³/mol. The lowest BCUT2D eigenvalue weighted by molar-refractivity contribution is -0.126. The van der Waals surface area contributed by atoms with Gasteiger partial charge in [-0.25, -0.2) is 4.39 Å². The molecule has 0 aromatic heterocycles. The van der Waals surface area contributed by atoms with Crippen LogP contribution in [0.15, 0.2) is 24.3 Å². The molecule has 1 amide bonds. The van der Waals surface area contributed by atoms with Crippen LogP contribution in [0.2, 0.25) is 0 Å². The monoisotopic (exact) mass is 332 g/mol. The lowest BCUT2D eigenvalue weighted by Gasteiger charge is -2.32. The van der Waals surface area contributed by atoms with Gasteiger partial charge >= 0.3 is 0 Å². The van der Waals surface area contributed by atoms with Crippen molar-refractivity contribution < 1.29 is 9.18 Å². The fraction of sp³-hybridized carbons (Fsp3) is 0.650. The van der Waals surface area contributed by atoms with Gasteiger partial charge in [0.15, 0.2) is 0 Å². The van der Waals surface area contributed by atoms with E-state index in [0.29, 0.717) is 6.54 Å². The van der Waals surface area contributed by atoms with Crippen molar-refractivity contribution in [2.75, 3.05) is 20.1 Å². The van der Waals surface area contributed by atoms with E-state index in [4.69, 9.17) is 0 Å². The molecule has 1 saturated carbocycles. The average molecular weight is 332 g/mol. The van der Waals surface area contributed by atoms with Crippen LogP contribution < -0.4 is 5.32 Å². The number of carbonyl (C=O) groups is 1. The first kappa shape index (κ1) is 17.4. The lowest BCUT2D eigenvalue weighted by atomic mass is 9.78. The van der Waals surface area contributed by atoms with Crippen molar-refractivity contribution >= 4 is 5.91 Å². The minimum Gasteiger partial charge on any atom is -0.354 e. The first-order valence-corrected chi connectivity index (χ1v) is 9.35. The van der Waals surface area contributed by atoms with Gasteiger partial charge in [-0.1, -0.05) is 43.9 Å². The zero-order valence-electron chi connectivity index (χ0n) is 14.7. The van der Waals surface area contributed by atoms with E-state index in [2.05, 4.69) is 10.2 Å². The van der Waals surface area contributed by atoms with Crippen molar-refractivity contribution in [3.8, 4) is 0 Å². The number of nitrogens with zero attached hydrogens (tertiary/aromatic N) is 1. The molecule has 1 aromatic rings. The van der Waals surface area contributed by atoms with Gasteiger partial charge in [0.25, 0.3) is 0 Å². The largest absolute Gasteiger partial charge is 0.354 e. The van der Waals surface area contributed by atoms with Gasteiger partial charge in [0.2, 0.25) is 5.91 Å². The highest BCUT2D eigenvalue weighted by molar-refractivity contribution is 5.81. The molecule has 0 bridgehead atoms. The molecule has 1 aromatic carbocycles. The van der Waals surface area contributed by atoms with Crippen LogP contribution in [-0.2, 0) is 10.2 Å². The molecule has 24 heavy (non-hydrogen) atoms. The van der Waals surface area contributed by atoms with Gasteiger partial charge in [-0.15, -0.1) is 0 Å². The summed E-state index contributed by atoms with van der Waals surface area (Å²) in [6.07, 6.45) is 8.52. The Balaban J connectivity index is 1.70. The molecule has 0 radical (unpaired) electrons. The highest BCUT2D eigenvalue weighted by Crippen LogP contribution is 2.41. The second-order valence-electron chi connectivity index (χ2n) is 7.53. The maximum absolute atomic E-state index is 14.4. The summed E-state index contributed by atoms with van der Waals surface area (Å²) < 4.78 is 14.4. The molecule has 1 aliphatic heterocycles. The summed E-state index contributed by atoms with van der Waals surface area (Å²) in [5.41, 5.74) is 0.543. The van der Waals surface area contributed by atoms with E-state index in [1.54, 1.807) is 6.07 Å². The zero-order valence-corrected chi connectivity index (χ0v) is 14.7. The molecule has 1 saturated heterocycles. The Morgan fingerprint density at radius 2 is 1.96 bits per heavy atom. The lowest BCUT2D eigenvalue weighted by Crippen LogP contribution is -2.48. The van der Waals surface area contributed by atoms with Crippen LogP contribution in [0.1, 0.15) is 56.9 Å². The molecule has 3 rings (SSSR count). The highest BCUT2D eigenvalue weighted by atomic mass is 19.1. The Hall–Kier alpha value is -1.42. The van der Waals surface area contributed by atoms with E-state index < -0.39 is 0 Å². The van der Waals surface area contributed by atoms with Gasteiger partial charge < -0.3 is 5.32 Å². The minimum absolute atomic E-state index is 0.0356. The Kier molecular flexibility index (Phi) is 5.54. The molecule has 2 aliphatic rings. The number of rotatable bonds is 4. The standard InChI is InChI=1S/C20H29FN2O/c1-23-14-8-2-3-11-18(23)19(24)22-15-20(12-6-7-13-20)16-9-4-5-10-17(16)21/h4-5,9-10,18H,2-3,6-8,11-15H2,1H3,(H,22,24)/t18-/m1/s1. The maximum Gasteiger partial charge on any atom is 0.237 e. The zero-order chi connectivity index (χ0) is 17.0. The number of amides is 1. The summed E-state index contributed by atoms with van der Waals surface area (Å²) in [5.74, 6) is -0.0257. The second-order valence-corrected chi connectivity index (χ2v) is 7.53. The number of halogens is 1. The third kappa shape index (κ3) is 3.64. The van der Waals surface area contributed by atoms with Crippen LogP contribution in [0.25, 0.3) is 0 Å². The Morgan fingerprint density at radius 1 is 1.21 bits per heavy atom. The van der Waals surface area contributed by atoms with Crippen LogP contribution in [0.4, 0.5) is 4.39 Å². The maximum atomic E-state index is 14.4. The van der Waals surface area contributed by atoms with Crippen LogP contribution in [0, 0.1) is 5.82 Å². The van der Waals surface area contributed by atoms with Gasteiger partial charge in [-0.2, -0.15) is 0 Å².